The molecule has 0 aliphatic carbocycles. The number of nitrogens with two attached hydrogens (primary N) is 1. The smallest absolute Gasteiger partial charge is 0.321 e. The first kappa shape index (κ1) is 20.3. The van der Waals surface area contributed by atoms with E-state index in [2.05, 4.69) is 5.32 Å². The number of ether oxygens (including phenoxy) is 1. The molecule has 2 aromatic carbocycles. The Morgan fingerprint density at radius 1 is 1.11 bits per heavy atom. The number of sulfonamides is 1. The molecule has 0 aliphatic heterocycles. The number of esters is 1. The van der Waals surface area contributed by atoms with Crippen LogP contribution in [0.3, 0.4) is 0 Å². The first-order chi connectivity index (χ1) is 12.7. The average Bonchev–Trinajstić information content (AvgIpc) is 2.64. The number of nitrogens with zero attached hydrogens (tertiary/aromatic N) is 1. The highest BCUT2D eigenvalue weighted by Gasteiger charge is 2.24. The van der Waals surface area contributed by atoms with E-state index in [1.165, 1.54) is 19.2 Å². The van der Waals surface area contributed by atoms with Gasteiger partial charge in [-0.05, 0) is 22.9 Å². The molecule has 0 aromatic heterocycles. The SMILES string of the molecule is CN(CC(=O)OCC(=O)NCC(N)=O)S(=O)(=O)c1ccc2ccccc2c1. The minimum absolute atomic E-state index is 0.0377. The van der Waals surface area contributed by atoms with Crippen LogP contribution in [0, 0.1) is 0 Å². The predicted molar refractivity (Wildman–Crippen MR) is 96.9 cm³/mol. The number of amides is 2. The van der Waals surface area contributed by atoms with Gasteiger partial charge in [-0.25, -0.2) is 8.42 Å². The number of hydrogen-bond acceptors (Lipinski definition) is 6. The molecule has 3 N–H and O–H groups in total. The lowest BCUT2D eigenvalue weighted by Crippen LogP contribution is -2.37. The maximum Gasteiger partial charge on any atom is 0.321 e. The van der Waals surface area contributed by atoms with Crippen LogP contribution in [0.4, 0.5) is 0 Å². The van der Waals surface area contributed by atoms with Crippen LogP contribution >= 0.6 is 0 Å². The largest absolute Gasteiger partial charge is 0.455 e. The van der Waals surface area contributed by atoms with Gasteiger partial charge in [-0.15, -0.1) is 0 Å². The third-order valence-corrected chi connectivity index (χ3v) is 5.40. The molecule has 144 valence electrons. The topological polar surface area (TPSA) is 136 Å². The summed E-state index contributed by atoms with van der Waals surface area (Å²) in [5, 5.41) is 3.78. The summed E-state index contributed by atoms with van der Waals surface area (Å²) in [6.07, 6.45) is 0. The Kier molecular flexibility index (Phi) is 6.48. The van der Waals surface area contributed by atoms with E-state index in [0.29, 0.717) is 0 Å². The molecule has 0 aliphatic rings. The zero-order chi connectivity index (χ0) is 20.0. The molecule has 10 heteroatoms. The van der Waals surface area contributed by atoms with Crippen LogP contribution in [0.15, 0.2) is 47.4 Å². The van der Waals surface area contributed by atoms with Crippen molar-refractivity contribution in [1.29, 1.82) is 0 Å². The van der Waals surface area contributed by atoms with Crippen molar-refractivity contribution in [2.75, 3.05) is 26.7 Å². The zero-order valence-electron chi connectivity index (χ0n) is 14.5. The molecule has 0 saturated carbocycles. The van der Waals surface area contributed by atoms with Crippen molar-refractivity contribution in [3.05, 3.63) is 42.5 Å². The fourth-order valence-electron chi connectivity index (χ4n) is 2.20. The lowest BCUT2D eigenvalue weighted by Gasteiger charge is -2.16. The van der Waals surface area contributed by atoms with Gasteiger partial charge in [0, 0.05) is 7.05 Å². The predicted octanol–water partition coefficient (Wildman–Crippen LogP) is -0.395. The average molecular weight is 393 g/mol. The van der Waals surface area contributed by atoms with E-state index < -0.39 is 41.0 Å². The van der Waals surface area contributed by atoms with Gasteiger partial charge in [0.05, 0.1) is 11.4 Å². The second-order valence-corrected chi connectivity index (χ2v) is 7.72. The molecule has 0 radical (unpaired) electrons. The van der Waals surface area contributed by atoms with Crippen molar-refractivity contribution in [2.45, 2.75) is 4.90 Å². The third kappa shape index (κ3) is 5.50. The standard InChI is InChI=1S/C17H19N3O6S/c1-20(10-17(23)26-11-16(22)19-9-15(18)21)27(24,25)14-7-6-12-4-2-3-5-13(12)8-14/h2-8H,9-11H2,1H3,(H2,18,21)(H,19,22). The first-order valence-electron chi connectivity index (χ1n) is 7.86. The molecule has 0 fully saturated rings. The van der Waals surface area contributed by atoms with Gasteiger partial charge in [-0.1, -0.05) is 30.3 Å². The molecule has 0 saturated heterocycles. The zero-order valence-corrected chi connectivity index (χ0v) is 15.4. The van der Waals surface area contributed by atoms with E-state index in [-0.39, 0.29) is 11.4 Å². The highest BCUT2D eigenvalue weighted by molar-refractivity contribution is 7.89. The molecule has 27 heavy (non-hydrogen) atoms. The summed E-state index contributed by atoms with van der Waals surface area (Å²) in [4.78, 5) is 33.7. The van der Waals surface area contributed by atoms with Crippen molar-refractivity contribution >= 4 is 38.6 Å². The molecule has 0 spiro atoms. The Balaban J connectivity index is 1.98. The molecule has 0 bridgehead atoms. The van der Waals surface area contributed by atoms with Gasteiger partial charge in [0.2, 0.25) is 15.9 Å². The number of fused-ring (bicyclic) bond motifs is 1. The molecule has 2 amide bonds. The Labute approximate surface area is 156 Å². The maximum absolute atomic E-state index is 12.6. The van der Waals surface area contributed by atoms with Gasteiger partial charge in [0.1, 0.15) is 6.54 Å². The number of likely N-dealkylation sites (N-methyl/N-ethyl adjacent to an activating group) is 1. The maximum atomic E-state index is 12.6. The van der Waals surface area contributed by atoms with Crippen molar-refractivity contribution in [3.63, 3.8) is 0 Å². The van der Waals surface area contributed by atoms with Crippen LogP contribution in [-0.2, 0) is 29.1 Å². The van der Waals surface area contributed by atoms with Crippen LogP contribution < -0.4 is 11.1 Å². The number of carbonyl (C=O) groups excluding carboxylic acids is 3. The number of rotatable bonds is 8. The summed E-state index contributed by atoms with van der Waals surface area (Å²) < 4.78 is 30.8. The van der Waals surface area contributed by atoms with Crippen LogP contribution in [0.2, 0.25) is 0 Å². The number of primary amides is 1. The summed E-state index contributed by atoms with van der Waals surface area (Å²) in [6.45, 7) is -1.60. The summed E-state index contributed by atoms with van der Waals surface area (Å²) in [5.74, 6) is -2.37. The molecule has 0 heterocycles. The number of benzene rings is 2. The number of nitrogens with one attached hydrogen (secondary N) is 1. The van der Waals surface area contributed by atoms with Crippen LogP contribution in [0.5, 0.6) is 0 Å². The van der Waals surface area contributed by atoms with Gasteiger partial charge in [-0.3, -0.25) is 14.4 Å². The summed E-state index contributed by atoms with van der Waals surface area (Å²) in [5.41, 5.74) is 4.87. The van der Waals surface area contributed by atoms with Gasteiger partial charge in [0.15, 0.2) is 6.61 Å². The van der Waals surface area contributed by atoms with Crippen LogP contribution in [0.25, 0.3) is 10.8 Å². The monoisotopic (exact) mass is 393 g/mol. The lowest BCUT2D eigenvalue weighted by molar-refractivity contribution is -0.148. The van der Waals surface area contributed by atoms with Crippen molar-refractivity contribution in [1.82, 2.24) is 9.62 Å². The molecule has 2 aromatic rings. The van der Waals surface area contributed by atoms with E-state index in [1.54, 1.807) is 18.2 Å². The third-order valence-electron chi connectivity index (χ3n) is 3.60. The Morgan fingerprint density at radius 2 is 1.78 bits per heavy atom. The summed E-state index contributed by atoms with van der Waals surface area (Å²) in [7, 11) is -2.68. The van der Waals surface area contributed by atoms with Gasteiger partial charge in [0.25, 0.3) is 5.91 Å². The summed E-state index contributed by atoms with van der Waals surface area (Å²) >= 11 is 0. The first-order valence-corrected chi connectivity index (χ1v) is 9.30. The van der Waals surface area contributed by atoms with Gasteiger partial charge < -0.3 is 15.8 Å². The van der Waals surface area contributed by atoms with Crippen molar-refractivity contribution in [3.8, 4) is 0 Å². The molecule has 9 nitrogen and oxygen atoms in total. The van der Waals surface area contributed by atoms with Gasteiger partial charge in [-0.2, -0.15) is 4.31 Å². The highest BCUT2D eigenvalue weighted by Crippen LogP contribution is 2.21. The minimum atomic E-state index is -3.91. The van der Waals surface area contributed by atoms with E-state index in [9.17, 15) is 22.8 Å². The number of hydrogen-bond donors (Lipinski definition) is 2. The molecular weight excluding hydrogens is 374 g/mol. The molecule has 0 atom stereocenters. The summed E-state index contributed by atoms with van der Waals surface area (Å²) in [6, 6.07) is 11.9. The van der Waals surface area contributed by atoms with E-state index in [1.807, 2.05) is 12.1 Å². The lowest BCUT2D eigenvalue weighted by atomic mass is 10.1. The quantitative estimate of drug-likeness (QED) is 0.586. The fourth-order valence-corrected chi connectivity index (χ4v) is 3.35. The Bertz CT molecular complexity index is 974. The van der Waals surface area contributed by atoms with Gasteiger partial charge >= 0.3 is 5.97 Å². The Hall–Kier alpha value is -2.98. The second kappa shape index (κ2) is 8.60. The highest BCUT2D eigenvalue weighted by atomic mass is 32.2. The normalized spacial score (nSPS) is 11.3. The second-order valence-electron chi connectivity index (χ2n) is 5.67. The van der Waals surface area contributed by atoms with Crippen molar-refractivity contribution in [2.24, 2.45) is 5.73 Å². The van der Waals surface area contributed by atoms with E-state index >= 15 is 0 Å². The minimum Gasteiger partial charge on any atom is -0.455 e. The molecule has 2 rings (SSSR count). The fraction of sp³-hybridized carbons (Fsp3) is 0.235. The van der Waals surface area contributed by atoms with E-state index in [0.717, 1.165) is 15.1 Å². The Morgan fingerprint density at radius 3 is 2.44 bits per heavy atom. The molecular formula is C17H19N3O6S. The molecule has 0 unspecified atom stereocenters. The van der Waals surface area contributed by atoms with Crippen molar-refractivity contribution < 1.29 is 27.5 Å². The van der Waals surface area contributed by atoms with Crippen LogP contribution in [0.1, 0.15) is 0 Å². The van der Waals surface area contributed by atoms with E-state index in [4.69, 9.17) is 10.5 Å². The van der Waals surface area contributed by atoms with Crippen LogP contribution in [-0.4, -0.2) is 57.3 Å². The number of carbonyl (C=O) groups is 3.